The van der Waals surface area contributed by atoms with Gasteiger partial charge in [-0.2, -0.15) is 13.2 Å². The van der Waals surface area contributed by atoms with Crippen LogP contribution in [0.2, 0.25) is 0 Å². The smallest absolute Gasteiger partial charge is 0.364 e. The highest BCUT2D eigenvalue weighted by molar-refractivity contribution is 9.10. The molecule has 132 valence electrons. The van der Waals surface area contributed by atoms with Gasteiger partial charge in [0.05, 0.1) is 0 Å². The Balaban J connectivity index is 1.87. The summed E-state index contributed by atoms with van der Waals surface area (Å²) in [5.41, 5.74) is -3.95. The summed E-state index contributed by atoms with van der Waals surface area (Å²) in [6.45, 7) is 0. The van der Waals surface area contributed by atoms with Crippen LogP contribution in [0.5, 0.6) is 0 Å². The van der Waals surface area contributed by atoms with Gasteiger partial charge >= 0.3 is 5.51 Å². The number of rotatable bonds is 3. The van der Waals surface area contributed by atoms with Crippen molar-refractivity contribution in [3.8, 4) is 0 Å². The normalized spacial score (nSPS) is 17.7. The average molecular weight is 423 g/mol. The topological polar surface area (TPSA) is 42.2 Å². The highest BCUT2D eigenvalue weighted by atomic mass is 79.9. The highest BCUT2D eigenvalue weighted by Gasteiger charge is 2.33. The maximum absolute atomic E-state index is 12.8. The molecule has 0 bridgehead atoms. The summed E-state index contributed by atoms with van der Waals surface area (Å²) in [4.78, 5) is 8.54. The highest BCUT2D eigenvalue weighted by Crippen LogP contribution is 2.41. The van der Waals surface area contributed by atoms with Gasteiger partial charge in [-0.3, -0.25) is 4.40 Å². The number of halogens is 4. The number of nitrogens with one attached hydrogen (secondary N) is 1. The number of thioether (sulfide) groups is 1. The number of imidazole rings is 1. The van der Waals surface area contributed by atoms with Crippen LogP contribution in [-0.2, 0) is 0 Å². The molecule has 0 saturated heterocycles. The lowest BCUT2D eigenvalue weighted by molar-refractivity contribution is -0.0330. The molecule has 4 nitrogen and oxygen atoms in total. The van der Waals surface area contributed by atoms with Crippen molar-refractivity contribution in [1.29, 1.82) is 0 Å². The van der Waals surface area contributed by atoms with Gasteiger partial charge in [0.15, 0.2) is 11.5 Å². The fourth-order valence-corrected chi connectivity index (χ4v) is 4.22. The lowest BCUT2D eigenvalue weighted by Crippen LogP contribution is -2.21. The van der Waals surface area contributed by atoms with Crippen LogP contribution in [-0.4, -0.2) is 25.9 Å². The predicted molar refractivity (Wildman–Crippen MR) is 92.3 cm³/mol. The van der Waals surface area contributed by atoms with Crippen LogP contribution in [0.4, 0.5) is 19.0 Å². The Kier molecular flexibility index (Phi) is 5.59. The Morgan fingerprint density at radius 1 is 1.17 bits per heavy atom. The lowest BCUT2D eigenvalue weighted by Gasteiger charge is -2.21. The van der Waals surface area contributed by atoms with Gasteiger partial charge in [-0.1, -0.05) is 32.1 Å². The zero-order valence-electron chi connectivity index (χ0n) is 12.9. The molecule has 0 radical (unpaired) electrons. The molecule has 1 aliphatic rings. The standard InChI is InChI=1S/C15H18BrF3N4S/c16-11-14(24-15(17,18)19)23-9-8-20-12(13(23)22-11)21-10-6-4-2-1-3-5-7-10/h8-10H,1-7H2,(H,20,21). The lowest BCUT2D eigenvalue weighted by atomic mass is 9.97. The summed E-state index contributed by atoms with van der Waals surface area (Å²) in [7, 11) is 0. The quantitative estimate of drug-likeness (QED) is 0.650. The molecule has 24 heavy (non-hydrogen) atoms. The number of aromatic nitrogens is 3. The molecule has 1 N–H and O–H groups in total. The van der Waals surface area contributed by atoms with Crippen molar-refractivity contribution in [1.82, 2.24) is 14.4 Å². The molecule has 0 atom stereocenters. The molecular weight excluding hydrogens is 405 g/mol. The molecule has 1 saturated carbocycles. The second-order valence-corrected chi connectivity index (χ2v) is 7.72. The molecule has 2 aromatic rings. The minimum Gasteiger partial charge on any atom is -0.364 e. The molecule has 2 aromatic heterocycles. The first-order valence-electron chi connectivity index (χ1n) is 7.99. The number of hydrogen-bond donors (Lipinski definition) is 1. The maximum Gasteiger partial charge on any atom is 0.447 e. The Morgan fingerprint density at radius 3 is 2.50 bits per heavy atom. The summed E-state index contributed by atoms with van der Waals surface area (Å²) in [5, 5.41) is 3.40. The molecule has 1 fully saturated rings. The molecule has 9 heteroatoms. The summed E-state index contributed by atoms with van der Waals surface area (Å²) < 4.78 is 39.9. The van der Waals surface area contributed by atoms with E-state index in [1.807, 2.05) is 0 Å². The van der Waals surface area contributed by atoms with E-state index in [0.29, 0.717) is 11.5 Å². The van der Waals surface area contributed by atoms with Crippen molar-refractivity contribution < 1.29 is 13.2 Å². The Labute approximate surface area is 150 Å². The van der Waals surface area contributed by atoms with E-state index in [2.05, 4.69) is 31.2 Å². The molecule has 0 aromatic carbocycles. The molecule has 0 aliphatic heterocycles. The molecule has 2 heterocycles. The first-order chi connectivity index (χ1) is 11.4. The molecule has 0 amide bonds. The molecule has 1 aliphatic carbocycles. The Bertz CT molecular complexity index is 696. The summed E-state index contributed by atoms with van der Waals surface area (Å²) in [6.07, 6.45) is 11.2. The van der Waals surface area contributed by atoms with E-state index in [4.69, 9.17) is 0 Å². The molecule has 0 spiro atoms. The number of fused-ring (bicyclic) bond motifs is 1. The minimum absolute atomic E-state index is 0.0145. The SMILES string of the molecule is FC(F)(F)Sc1c(Br)nc2c(NC3CCCCCCC3)nccn12. The van der Waals surface area contributed by atoms with Crippen LogP contribution in [0.25, 0.3) is 5.65 Å². The zero-order chi connectivity index (χ0) is 17.2. The first kappa shape index (κ1) is 17.8. The van der Waals surface area contributed by atoms with Crippen LogP contribution in [0, 0.1) is 0 Å². The number of hydrogen-bond acceptors (Lipinski definition) is 4. The van der Waals surface area contributed by atoms with Crippen LogP contribution < -0.4 is 5.32 Å². The number of anilines is 1. The van der Waals surface area contributed by atoms with Crippen LogP contribution in [0.1, 0.15) is 44.9 Å². The molecule has 3 rings (SSSR count). The number of alkyl halides is 3. The van der Waals surface area contributed by atoms with Crippen LogP contribution in [0.3, 0.4) is 0 Å². The van der Waals surface area contributed by atoms with E-state index in [0.717, 1.165) is 25.7 Å². The van der Waals surface area contributed by atoms with Gasteiger partial charge in [-0.25, -0.2) is 9.97 Å². The van der Waals surface area contributed by atoms with Gasteiger partial charge in [0.1, 0.15) is 9.63 Å². The van der Waals surface area contributed by atoms with Crippen molar-refractivity contribution in [2.24, 2.45) is 0 Å². The first-order valence-corrected chi connectivity index (χ1v) is 9.60. The van der Waals surface area contributed by atoms with Gasteiger partial charge in [0.25, 0.3) is 0 Å². The predicted octanol–water partition coefficient (Wildman–Crippen LogP) is 5.63. The Morgan fingerprint density at radius 2 is 1.83 bits per heavy atom. The van der Waals surface area contributed by atoms with E-state index in [1.54, 1.807) is 0 Å². The molecular formula is C15H18BrF3N4S. The van der Waals surface area contributed by atoms with Crippen molar-refractivity contribution >= 4 is 39.2 Å². The van der Waals surface area contributed by atoms with E-state index in [1.165, 1.54) is 36.1 Å². The van der Waals surface area contributed by atoms with Gasteiger partial charge in [-0.05, 0) is 28.8 Å². The van der Waals surface area contributed by atoms with Crippen molar-refractivity contribution in [3.05, 3.63) is 17.0 Å². The summed E-state index contributed by atoms with van der Waals surface area (Å²) >= 11 is 2.96. The second-order valence-electron chi connectivity index (χ2n) is 5.91. The monoisotopic (exact) mass is 422 g/mol. The van der Waals surface area contributed by atoms with Crippen molar-refractivity contribution in [2.45, 2.75) is 61.5 Å². The second kappa shape index (κ2) is 7.51. The fraction of sp³-hybridized carbons (Fsp3) is 0.600. The average Bonchev–Trinajstić information content (AvgIpc) is 2.77. The van der Waals surface area contributed by atoms with E-state index < -0.39 is 5.51 Å². The van der Waals surface area contributed by atoms with Gasteiger partial charge < -0.3 is 5.32 Å². The van der Waals surface area contributed by atoms with E-state index >= 15 is 0 Å². The van der Waals surface area contributed by atoms with Crippen molar-refractivity contribution in [2.75, 3.05) is 5.32 Å². The minimum atomic E-state index is -4.37. The fourth-order valence-electron chi connectivity index (χ4n) is 3.02. The summed E-state index contributed by atoms with van der Waals surface area (Å²) in [6, 6.07) is 0.290. The number of nitrogens with zero attached hydrogens (tertiary/aromatic N) is 3. The van der Waals surface area contributed by atoms with Crippen LogP contribution >= 0.6 is 27.7 Å². The van der Waals surface area contributed by atoms with Gasteiger partial charge in [0.2, 0.25) is 0 Å². The third kappa shape index (κ3) is 4.36. The largest absolute Gasteiger partial charge is 0.447 e. The maximum atomic E-state index is 12.8. The third-order valence-corrected chi connectivity index (χ3v) is 5.75. The van der Waals surface area contributed by atoms with Crippen LogP contribution in [0.15, 0.2) is 22.0 Å². The summed E-state index contributed by atoms with van der Waals surface area (Å²) in [5.74, 6) is 0.540. The Hall–Kier alpha value is -0.960. The third-order valence-electron chi connectivity index (χ3n) is 4.12. The van der Waals surface area contributed by atoms with Crippen molar-refractivity contribution in [3.63, 3.8) is 0 Å². The zero-order valence-corrected chi connectivity index (χ0v) is 15.3. The van der Waals surface area contributed by atoms with Gasteiger partial charge in [-0.15, -0.1) is 0 Å². The van der Waals surface area contributed by atoms with Gasteiger partial charge in [0, 0.05) is 30.2 Å². The van der Waals surface area contributed by atoms with E-state index in [-0.39, 0.29) is 27.4 Å². The van der Waals surface area contributed by atoms with E-state index in [9.17, 15) is 13.2 Å². The molecule has 0 unspecified atom stereocenters.